The second-order valence-electron chi connectivity index (χ2n) is 3.76. The molecule has 1 rings (SSSR count). The van der Waals surface area contributed by atoms with E-state index in [1.54, 1.807) is 0 Å². The van der Waals surface area contributed by atoms with Crippen LogP contribution in [0.3, 0.4) is 0 Å². The average Bonchev–Trinajstić information content (AvgIpc) is 2.15. The molecule has 0 unspecified atom stereocenters. The van der Waals surface area contributed by atoms with E-state index in [1.165, 1.54) is 26.0 Å². The van der Waals surface area contributed by atoms with Crippen LogP contribution in [-0.2, 0) is 4.79 Å². The van der Waals surface area contributed by atoms with Gasteiger partial charge in [0.05, 0.1) is 9.82 Å². The van der Waals surface area contributed by atoms with E-state index in [1.807, 2.05) is 0 Å². The van der Waals surface area contributed by atoms with Gasteiger partial charge in [-0.15, -0.1) is 11.8 Å². The van der Waals surface area contributed by atoms with Gasteiger partial charge in [0, 0.05) is 0 Å². The first-order valence-electron chi connectivity index (χ1n) is 4.61. The topological polar surface area (TPSA) is 80.4 Å². The summed E-state index contributed by atoms with van der Waals surface area (Å²) in [5.41, 5.74) is -0.688. The number of benzene rings is 1. The Hall–Kier alpha value is -1.63. The Labute approximate surface area is 101 Å². The minimum atomic E-state index is -1.27. The Bertz CT molecular complexity index is 475. The van der Waals surface area contributed by atoms with Crippen molar-refractivity contribution >= 4 is 23.4 Å². The number of hydrogen-bond donors (Lipinski definition) is 1. The minimum Gasteiger partial charge on any atom is -0.480 e. The predicted octanol–water partition coefficient (Wildman–Crippen LogP) is 2.69. The van der Waals surface area contributed by atoms with E-state index in [-0.39, 0.29) is 4.90 Å². The molecule has 7 heteroatoms. The van der Waals surface area contributed by atoms with Crippen molar-refractivity contribution in [2.45, 2.75) is 23.5 Å². The third-order valence-electron chi connectivity index (χ3n) is 2.01. The maximum Gasteiger partial charge on any atom is 0.319 e. The number of hydrogen-bond acceptors (Lipinski definition) is 4. The zero-order chi connectivity index (χ0) is 13.2. The number of carbonyl (C=O) groups is 1. The highest BCUT2D eigenvalue weighted by atomic mass is 32.2. The van der Waals surface area contributed by atoms with Gasteiger partial charge in [0.15, 0.2) is 0 Å². The van der Waals surface area contributed by atoms with E-state index in [0.717, 1.165) is 17.8 Å². The lowest BCUT2D eigenvalue weighted by atomic mass is 10.2. The molecule has 1 aromatic rings. The van der Waals surface area contributed by atoms with Crippen LogP contribution >= 0.6 is 11.8 Å². The highest BCUT2D eigenvalue weighted by Crippen LogP contribution is 2.39. The molecule has 0 saturated carbocycles. The number of halogens is 1. The Morgan fingerprint density at radius 3 is 2.59 bits per heavy atom. The van der Waals surface area contributed by atoms with Crippen molar-refractivity contribution < 1.29 is 19.2 Å². The fourth-order valence-electron chi connectivity index (χ4n) is 1.07. The van der Waals surface area contributed by atoms with Gasteiger partial charge in [-0.2, -0.15) is 4.39 Å². The molecule has 0 bridgehead atoms. The van der Waals surface area contributed by atoms with Crippen LogP contribution in [0.4, 0.5) is 10.1 Å². The van der Waals surface area contributed by atoms with Crippen LogP contribution in [0.2, 0.25) is 0 Å². The normalized spacial score (nSPS) is 11.2. The Balaban J connectivity index is 3.20. The summed E-state index contributed by atoms with van der Waals surface area (Å²) >= 11 is 0.742. The zero-order valence-corrected chi connectivity index (χ0v) is 9.95. The summed E-state index contributed by atoms with van der Waals surface area (Å²) < 4.78 is 12.0. The van der Waals surface area contributed by atoms with Gasteiger partial charge in [0.2, 0.25) is 5.82 Å². The molecule has 0 spiro atoms. The van der Waals surface area contributed by atoms with E-state index in [2.05, 4.69) is 0 Å². The van der Waals surface area contributed by atoms with Crippen LogP contribution in [0.5, 0.6) is 0 Å². The van der Waals surface area contributed by atoms with Crippen molar-refractivity contribution in [1.82, 2.24) is 0 Å². The quantitative estimate of drug-likeness (QED) is 0.510. The average molecular weight is 259 g/mol. The molecular formula is C10H10FNO4S. The van der Waals surface area contributed by atoms with Crippen LogP contribution in [-0.4, -0.2) is 20.7 Å². The van der Waals surface area contributed by atoms with Crippen LogP contribution in [0, 0.1) is 15.9 Å². The van der Waals surface area contributed by atoms with Gasteiger partial charge in [-0.25, -0.2) is 0 Å². The smallest absolute Gasteiger partial charge is 0.319 e. The van der Waals surface area contributed by atoms with Crippen molar-refractivity contribution in [3.05, 3.63) is 34.1 Å². The van der Waals surface area contributed by atoms with Crippen molar-refractivity contribution in [2.75, 3.05) is 0 Å². The van der Waals surface area contributed by atoms with Crippen LogP contribution in [0.15, 0.2) is 23.1 Å². The summed E-state index contributed by atoms with van der Waals surface area (Å²) in [7, 11) is 0. The van der Waals surface area contributed by atoms with Crippen molar-refractivity contribution in [2.24, 2.45) is 0 Å². The number of rotatable bonds is 4. The standard InChI is InChI=1S/C10H10FNO4S/c1-10(2,9(13)14)17-7-5-3-4-6(11)8(7)12(15)16/h3-5H,1-2H3,(H,13,14). The number of para-hydroxylation sites is 1. The SMILES string of the molecule is CC(C)(Sc1cccc(F)c1[N+](=O)[O-])C(=O)O. The number of carboxylic acids is 1. The van der Waals surface area contributed by atoms with Gasteiger partial charge in [-0.05, 0) is 26.0 Å². The number of nitrogens with zero attached hydrogens (tertiary/aromatic N) is 1. The zero-order valence-electron chi connectivity index (χ0n) is 9.14. The molecule has 0 fully saturated rings. The summed E-state index contributed by atoms with van der Waals surface area (Å²) in [6.07, 6.45) is 0. The molecule has 0 saturated heterocycles. The van der Waals surface area contributed by atoms with Gasteiger partial charge >= 0.3 is 11.7 Å². The third kappa shape index (κ3) is 2.94. The van der Waals surface area contributed by atoms with Crippen LogP contribution < -0.4 is 0 Å². The van der Waals surface area contributed by atoms with Gasteiger partial charge < -0.3 is 5.11 Å². The molecule has 1 aromatic carbocycles. The molecule has 0 heterocycles. The first-order chi connectivity index (χ1) is 7.75. The lowest BCUT2D eigenvalue weighted by molar-refractivity contribution is -0.390. The van der Waals surface area contributed by atoms with Crippen molar-refractivity contribution in [3.8, 4) is 0 Å². The molecule has 0 aliphatic rings. The number of carboxylic acid groups (broad SMARTS) is 1. The van der Waals surface area contributed by atoms with Crippen LogP contribution in [0.25, 0.3) is 0 Å². The van der Waals surface area contributed by atoms with E-state index in [4.69, 9.17) is 5.11 Å². The summed E-state index contributed by atoms with van der Waals surface area (Å²) in [6.45, 7) is 2.79. The van der Waals surface area contributed by atoms with Gasteiger partial charge in [-0.1, -0.05) is 6.07 Å². The number of nitro benzene ring substituents is 1. The molecule has 17 heavy (non-hydrogen) atoms. The number of nitro groups is 1. The Morgan fingerprint density at radius 2 is 2.12 bits per heavy atom. The molecular weight excluding hydrogens is 249 g/mol. The summed E-state index contributed by atoms with van der Waals surface area (Å²) in [5.74, 6) is -2.10. The molecule has 92 valence electrons. The molecule has 0 aliphatic carbocycles. The monoisotopic (exact) mass is 259 g/mol. The largest absolute Gasteiger partial charge is 0.480 e. The molecule has 0 amide bonds. The van der Waals surface area contributed by atoms with E-state index in [0.29, 0.717) is 0 Å². The molecule has 0 radical (unpaired) electrons. The number of aliphatic carboxylic acids is 1. The van der Waals surface area contributed by atoms with Gasteiger partial charge in [-0.3, -0.25) is 14.9 Å². The Morgan fingerprint density at radius 1 is 1.53 bits per heavy atom. The lowest BCUT2D eigenvalue weighted by Crippen LogP contribution is -2.27. The van der Waals surface area contributed by atoms with E-state index in [9.17, 15) is 19.3 Å². The van der Waals surface area contributed by atoms with Crippen molar-refractivity contribution in [3.63, 3.8) is 0 Å². The maximum atomic E-state index is 13.3. The molecule has 0 aliphatic heterocycles. The predicted molar refractivity (Wildman–Crippen MR) is 60.6 cm³/mol. The third-order valence-corrected chi connectivity index (χ3v) is 3.25. The summed E-state index contributed by atoms with van der Waals surface area (Å²) in [4.78, 5) is 20.8. The summed E-state index contributed by atoms with van der Waals surface area (Å²) in [5, 5.41) is 19.6. The maximum absolute atomic E-state index is 13.3. The molecule has 0 aromatic heterocycles. The second-order valence-corrected chi connectivity index (χ2v) is 5.43. The fourth-order valence-corrected chi connectivity index (χ4v) is 2.13. The van der Waals surface area contributed by atoms with E-state index >= 15 is 0 Å². The summed E-state index contributed by atoms with van der Waals surface area (Å²) in [6, 6.07) is 3.61. The Kier molecular flexibility index (Phi) is 3.72. The molecule has 1 N–H and O–H groups in total. The van der Waals surface area contributed by atoms with Gasteiger partial charge in [0.1, 0.15) is 4.75 Å². The molecule has 5 nitrogen and oxygen atoms in total. The highest BCUT2D eigenvalue weighted by Gasteiger charge is 2.32. The van der Waals surface area contributed by atoms with E-state index < -0.39 is 27.1 Å². The first kappa shape index (κ1) is 13.4. The van der Waals surface area contributed by atoms with Gasteiger partial charge in [0.25, 0.3) is 0 Å². The first-order valence-corrected chi connectivity index (χ1v) is 5.42. The number of thioether (sulfide) groups is 1. The highest BCUT2D eigenvalue weighted by molar-refractivity contribution is 8.01. The van der Waals surface area contributed by atoms with Crippen LogP contribution in [0.1, 0.15) is 13.8 Å². The minimum absolute atomic E-state index is 0.00222. The van der Waals surface area contributed by atoms with Crippen molar-refractivity contribution in [1.29, 1.82) is 0 Å². The lowest BCUT2D eigenvalue weighted by Gasteiger charge is -2.18. The molecule has 0 atom stereocenters. The second kappa shape index (κ2) is 4.70. The fraction of sp³-hybridized carbons (Fsp3) is 0.300.